The largest absolute Gasteiger partial charge is 0.393 e. The number of hydrogen-bond acceptors (Lipinski definition) is 3. The van der Waals surface area contributed by atoms with Crippen LogP contribution in [0, 0.1) is 4.77 Å². The van der Waals surface area contributed by atoms with Crippen LogP contribution in [0.1, 0.15) is 83.0 Å². The van der Waals surface area contributed by atoms with E-state index in [4.69, 9.17) is 12.2 Å². The van der Waals surface area contributed by atoms with Gasteiger partial charge in [0.2, 0.25) is 0 Å². The number of aryl methyl sites for hydroxylation is 1. The average molecular weight is 311 g/mol. The lowest BCUT2D eigenvalue weighted by Crippen LogP contribution is -2.17. The van der Waals surface area contributed by atoms with Gasteiger partial charge in [-0.25, -0.2) is 0 Å². The standard InChI is InChI=1S/C16H29N3OS/c1-2-3-5-10-14(20)11-12-15-17-18-16(21)19(15)13-8-6-4-7-9-13/h13-14,20H,2-12H2,1H3,(H,18,21). The minimum absolute atomic E-state index is 0.207. The molecule has 0 aliphatic heterocycles. The Hall–Kier alpha value is -0.680. The van der Waals surface area contributed by atoms with Crippen LogP contribution in [-0.2, 0) is 6.42 Å². The van der Waals surface area contributed by atoms with Gasteiger partial charge in [-0.3, -0.25) is 5.10 Å². The van der Waals surface area contributed by atoms with E-state index in [1.165, 1.54) is 44.9 Å². The van der Waals surface area contributed by atoms with Crippen LogP contribution in [0.5, 0.6) is 0 Å². The molecular formula is C16H29N3OS. The fraction of sp³-hybridized carbons (Fsp3) is 0.875. The third-order valence-corrected chi connectivity index (χ3v) is 4.85. The molecule has 5 heteroatoms. The van der Waals surface area contributed by atoms with Crippen molar-refractivity contribution >= 4 is 12.2 Å². The van der Waals surface area contributed by atoms with Gasteiger partial charge in [0.1, 0.15) is 5.82 Å². The van der Waals surface area contributed by atoms with Crippen molar-refractivity contribution < 1.29 is 5.11 Å². The first-order chi connectivity index (χ1) is 10.2. The van der Waals surface area contributed by atoms with Crippen LogP contribution < -0.4 is 0 Å². The third-order valence-electron chi connectivity index (χ3n) is 4.56. The molecule has 1 heterocycles. The summed E-state index contributed by atoms with van der Waals surface area (Å²) in [5.41, 5.74) is 0. The van der Waals surface area contributed by atoms with Crippen molar-refractivity contribution in [2.24, 2.45) is 0 Å². The van der Waals surface area contributed by atoms with Crippen LogP contribution >= 0.6 is 12.2 Å². The normalized spacial score (nSPS) is 18.0. The highest BCUT2D eigenvalue weighted by Crippen LogP contribution is 2.29. The number of unbranched alkanes of at least 4 members (excludes halogenated alkanes) is 2. The van der Waals surface area contributed by atoms with Crippen LogP contribution in [0.3, 0.4) is 0 Å². The Balaban J connectivity index is 1.89. The van der Waals surface area contributed by atoms with Gasteiger partial charge in [-0.05, 0) is 37.9 Å². The molecule has 1 fully saturated rings. The molecule has 1 aliphatic carbocycles. The summed E-state index contributed by atoms with van der Waals surface area (Å²) >= 11 is 5.40. The molecule has 4 nitrogen and oxygen atoms in total. The monoisotopic (exact) mass is 311 g/mol. The Morgan fingerprint density at radius 1 is 1.29 bits per heavy atom. The summed E-state index contributed by atoms with van der Waals surface area (Å²) in [7, 11) is 0. The molecule has 1 aliphatic rings. The molecule has 2 N–H and O–H groups in total. The molecule has 0 saturated heterocycles. The maximum absolute atomic E-state index is 10.1. The van der Waals surface area contributed by atoms with Gasteiger partial charge in [-0.15, -0.1) is 0 Å². The molecule has 0 spiro atoms. The van der Waals surface area contributed by atoms with E-state index in [2.05, 4.69) is 21.7 Å². The predicted molar refractivity (Wildman–Crippen MR) is 88.0 cm³/mol. The highest BCUT2D eigenvalue weighted by atomic mass is 32.1. The number of rotatable bonds is 8. The molecule has 0 radical (unpaired) electrons. The van der Waals surface area contributed by atoms with E-state index in [0.717, 1.165) is 36.3 Å². The molecule has 1 saturated carbocycles. The van der Waals surface area contributed by atoms with Gasteiger partial charge in [0.25, 0.3) is 0 Å². The molecule has 1 aromatic rings. The summed E-state index contributed by atoms with van der Waals surface area (Å²) in [5.74, 6) is 1.03. The van der Waals surface area contributed by atoms with E-state index in [1.807, 2.05) is 0 Å². The zero-order valence-electron chi connectivity index (χ0n) is 13.2. The number of aromatic amines is 1. The lowest BCUT2D eigenvalue weighted by molar-refractivity contribution is 0.150. The zero-order chi connectivity index (χ0) is 15.1. The molecule has 1 unspecified atom stereocenters. The second-order valence-corrected chi connectivity index (χ2v) is 6.68. The van der Waals surface area contributed by atoms with E-state index in [0.29, 0.717) is 6.04 Å². The van der Waals surface area contributed by atoms with Gasteiger partial charge < -0.3 is 9.67 Å². The summed E-state index contributed by atoms with van der Waals surface area (Å²) in [6.45, 7) is 2.19. The van der Waals surface area contributed by atoms with Gasteiger partial charge >= 0.3 is 0 Å². The van der Waals surface area contributed by atoms with E-state index < -0.39 is 0 Å². The Kier molecular flexibility index (Phi) is 6.90. The van der Waals surface area contributed by atoms with E-state index in [1.54, 1.807) is 0 Å². The van der Waals surface area contributed by atoms with Crippen LogP contribution in [0.4, 0.5) is 0 Å². The maximum Gasteiger partial charge on any atom is 0.195 e. The van der Waals surface area contributed by atoms with Crippen molar-refractivity contribution in [1.29, 1.82) is 0 Å². The van der Waals surface area contributed by atoms with Crippen molar-refractivity contribution in [3.63, 3.8) is 0 Å². The quantitative estimate of drug-likeness (QED) is 0.555. The summed E-state index contributed by atoms with van der Waals surface area (Å²) in [6.07, 6.45) is 12.2. The molecule has 1 atom stereocenters. The number of aliphatic hydroxyl groups is 1. The second-order valence-electron chi connectivity index (χ2n) is 6.30. The van der Waals surface area contributed by atoms with Crippen molar-refractivity contribution in [3.8, 4) is 0 Å². The van der Waals surface area contributed by atoms with Crippen LogP contribution in [0.15, 0.2) is 0 Å². The molecule has 21 heavy (non-hydrogen) atoms. The first-order valence-electron chi connectivity index (χ1n) is 8.56. The van der Waals surface area contributed by atoms with E-state index in [9.17, 15) is 5.11 Å². The Morgan fingerprint density at radius 2 is 2.05 bits per heavy atom. The van der Waals surface area contributed by atoms with Gasteiger partial charge in [0.15, 0.2) is 4.77 Å². The third kappa shape index (κ3) is 4.92. The SMILES string of the molecule is CCCCCC(O)CCc1n[nH]c(=S)n1C1CCCCC1. The second kappa shape index (κ2) is 8.69. The van der Waals surface area contributed by atoms with Gasteiger partial charge in [0, 0.05) is 12.5 Å². The molecule has 0 amide bonds. The fourth-order valence-corrected chi connectivity index (χ4v) is 3.60. The molecule has 0 bridgehead atoms. The van der Waals surface area contributed by atoms with Crippen molar-refractivity contribution in [1.82, 2.24) is 14.8 Å². The van der Waals surface area contributed by atoms with E-state index >= 15 is 0 Å². The number of aromatic nitrogens is 3. The first kappa shape index (κ1) is 16.7. The summed E-state index contributed by atoms with van der Waals surface area (Å²) in [5, 5.41) is 17.4. The van der Waals surface area contributed by atoms with Gasteiger partial charge in [-0.1, -0.05) is 45.4 Å². The van der Waals surface area contributed by atoms with Crippen molar-refractivity contribution in [2.75, 3.05) is 0 Å². The van der Waals surface area contributed by atoms with Crippen LogP contribution in [0.25, 0.3) is 0 Å². The van der Waals surface area contributed by atoms with Gasteiger partial charge in [-0.2, -0.15) is 5.10 Å². The highest BCUT2D eigenvalue weighted by Gasteiger charge is 2.20. The Morgan fingerprint density at radius 3 is 2.76 bits per heavy atom. The van der Waals surface area contributed by atoms with Crippen molar-refractivity contribution in [2.45, 2.75) is 89.7 Å². The lowest BCUT2D eigenvalue weighted by Gasteiger charge is -2.24. The molecule has 120 valence electrons. The number of nitrogens with one attached hydrogen (secondary N) is 1. The first-order valence-corrected chi connectivity index (χ1v) is 8.97. The molecule has 0 aromatic carbocycles. The fourth-order valence-electron chi connectivity index (χ4n) is 3.30. The predicted octanol–water partition coefficient (Wildman–Crippen LogP) is 4.32. The Bertz CT molecular complexity index is 462. The maximum atomic E-state index is 10.1. The summed E-state index contributed by atoms with van der Waals surface area (Å²) in [6, 6.07) is 0.511. The Labute approximate surface area is 133 Å². The average Bonchev–Trinajstić information content (AvgIpc) is 2.87. The number of aliphatic hydroxyl groups excluding tert-OH is 1. The van der Waals surface area contributed by atoms with Crippen molar-refractivity contribution in [3.05, 3.63) is 10.6 Å². The molecular weight excluding hydrogens is 282 g/mol. The highest BCUT2D eigenvalue weighted by molar-refractivity contribution is 7.71. The van der Waals surface area contributed by atoms with Crippen LogP contribution in [-0.4, -0.2) is 26.0 Å². The number of hydrogen-bond donors (Lipinski definition) is 2. The summed E-state index contributed by atoms with van der Waals surface area (Å²) in [4.78, 5) is 0. The number of H-pyrrole nitrogens is 1. The smallest absolute Gasteiger partial charge is 0.195 e. The minimum Gasteiger partial charge on any atom is -0.393 e. The molecule has 2 rings (SSSR count). The topological polar surface area (TPSA) is 53.8 Å². The lowest BCUT2D eigenvalue weighted by atomic mass is 9.95. The molecule has 1 aromatic heterocycles. The zero-order valence-corrected chi connectivity index (χ0v) is 14.0. The van der Waals surface area contributed by atoms with Crippen LogP contribution in [0.2, 0.25) is 0 Å². The number of nitrogens with zero attached hydrogens (tertiary/aromatic N) is 2. The van der Waals surface area contributed by atoms with E-state index in [-0.39, 0.29) is 6.10 Å². The van der Waals surface area contributed by atoms with Gasteiger partial charge in [0.05, 0.1) is 6.10 Å². The minimum atomic E-state index is -0.207. The summed E-state index contributed by atoms with van der Waals surface area (Å²) < 4.78 is 2.96.